The van der Waals surface area contributed by atoms with Crippen molar-refractivity contribution in [1.29, 1.82) is 0 Å². The second-order valence-electron chi connectivity index (χ2n) is 9.55. The summed E-state index contributed by atoms with van der Waals surface area (Å²) in [7, 11) is 0. The van der Waals surface area contributed by atoms with Gasteiger partial charge in [-0.25, -0.2) is 4.79 Å². The fourth-order valence-corrected chi connectivity index (χ4v) is 4.42. The van der Waals surface area contributed by atoms with Gasteiger partial charge in [0.05, 0.1) is 24.9 Å². The number of aliphatic hydroxyl groups excluding tert-OH is 3. The quantitative estimate of drug-likeness (QED) is 0.213. The second-order valence-corrected chi connectivity index (χ2v) is 9.55. The van der Waals surface area contributed by atoms with Crippen molar-refractivity contribution in [2.45, 2.75) is 69.4 Å². The molecule has 1 saturated heterocycles. The van der Waals surface area contributed by atoms with Gasteiger partial charge >= 0.3 is 5.97 Å². The van der Waals surface area contributed by atoms with Crippen LogP contribution in [0.5, 0.6) is 0 Å². The molecule has 0 aliphatic carbocycles. The van der Waals surface area contributed by atoms with E-state index < -0.39 is 67.0 Å². The Morgan fingerprint density at radius 3 is 2.31 bits per heavy atom. The van der Waals surface area contributed by atoms with E-state index in [4.69, 9.17) is 9.47 Å². The normalized spacial score (nSPS) is 24.4. The maximum Gasteiger partial charge on any atom is 0.364 e. The first-order valence-corrected chi connectivity index (χ1v) is 12.9. The van der Waals surface area contributed by atoms with Gasteiger partial charge < -0.3 is 40.5 Å². The molecule has 0 aromatic heterocycles. The van der Waals surface area contributed by atoms with E-state index in [1.807, 2.05) is 37.3 Å². The Balaban J connectivity index is 1.70. The maximum absolute atomic E-state index is 12.7. The number of ether oxygens (including phenoxy) is 2. The summed E-state index contributed by atoms with van der Waals surface area (Å²) >= 11 is 0. The molecule has 1 fully saturated rings. The zero-order chi connectivity index (χ0) is 28.6. The molecule has 1 aliphatic rings. The zero-order valence-corrected chi connectivity index (χ0v) is 21.9. The van der Waals surface area contributed by atoms with Gasteiger partial charge in [-0.3, -0.25) is 9.59 Å². The fourth-order valence-electron chi connectivity index (χ4n) is 4.42. The number of unbranched alkanes of at least 4 members (excludes halogenated alkanes) is 1. The molecule has 6 N–H and O–H groups in total. The highest BCUT2D eigenvalue weighted by Crippen LogP contribution is 2.33. The molecule has 2 aromatic rings. The number of carboxylic acid groups (broad SMARTS) is 1. The molecule has 0 spiro atoms. The third-order valence-electron chi connectivity index (χ3n) is 6.56. The van der Waals surface area contributed by atoms with E-state index in [0.717, 1.165) is 11.1 Å². The van der Waals surface area contributed by atoms with Crippen molar-refractivity contribution in [3.8, 4) is 11.1 Å². The number of nitrogens with one attached hydrogen (secondary N) is 2. The molecule has 1 heterocycles. The van der Waals surface area contributed by atoms with E-state index in [1.54, 1.807) is 24.3 Å². The highest BCUT2D eigenvalue weighted by Gasteiger charge is 2.55. The number of carboxylic acids is 1. The van der Waals surface area contributed by atoms with Crippen LogP contribution in [0.15, 0.2) is 54.6 Å². The lowest BCUT2D eigenvalue weighted by Crippen LogP contribution is -2.68. The summed E-state index contributed by atoms with van der Waals surface area (Å²) in [6.45, 7) is 2.67. The summed E-state index contributed by atoms with van der Waals surface area (Å²) in [5.74, 6) is -4.88. The lowest BCUT2D eigenvalue weighted by atomic mass is 9.88. The monoisotopic (exact) mass is 544 g/mol. The van der Waals surface area contributed by atoms with Crippen molar-refractivity contribution in [2.24, 2.45) is 0 Å². The van der Waals surface area contributed by atoms with Crippen molar-refractivity contribution in [3.05, 3.63) is 60.2 Å². The van der Waals surface area contributed by atoms with E-state index in [9.17, 15) is 34.8 Å². The number of benzene rings is 2. The van der Waals surface area contributed by atoms with Crippen molar-refractivity contribution < 1.29 is 44.3 Å². The van der Waals surface area contributed by atoms with Crippen LogP contribution in [0.25, 0.3) is 11.1 Å². The summed E-state index contributed by atoms with van der Waals surface area (Å²) < 4.78 is 11.2. The first kappa shape index (κ1) is 30.2. The molecule has 0 radical (unpaired) electrons. The largest absolute Gasteiger partial charge is 0.477 e. The summed E-state index contributed by atoms with van der Waals surface area (Å²) in [6, 6.07) is 15.2. The molecule has 0 unspecified atom stereocenters. The standard InChI is InChI=1S/C28H36N2O9/c1-3-4-14-38-28(27(36)37)15-21(32)23(30-17(2)31)25(39-28)24(34)22(33)16-29-26(35)20-12-10-19(11-13-20)18-8-6-5-7-9-18/h5-13,21-25,32-34H,3-4,14-16H2,1-2H3,(H,29,35)(H,30,31)(H,36,37)/t21-,22+,23+,24+,25+,28+/m0/s1. The summed E-state index contributed by atoms with van der Waals surface area (Å²) in [5.41, 5.74) is 2.23. The highest BCUT2D eigenvalue weighted by molar-refractivity contribution is 5.94. The molecular weight excluding hydrogens is 508 g/mol. The van der Waals surface area contributed by atoms with Crippen molar-refractivity contribution in [3.63, 3.8) is 0 Å². The Morgan fingerprint density at radius 2 is 1.72 bits per heavy atom. The zero-order valence-electron chi connectivity index (χ0n) is 21.9. The predicted molar refractivity (Wildman–Crippen MR) is 141 cm³/mol. The molecule has 11 nitrogen and oxygen atoms in total. The van der Waals surface area contributed by atoms with Crippen molar-refractivity contribution in [1.82, 2.24) is 10.6 Å². The van der Waals surface area contributed by atoms with Crippen LogP contribution in [-0.4, -0.2) is 87.6 Å². The molecule has 2 amide bonds. The molecule has 6 atom stereocenters. The average molecular weight is 545 g/mol. The minimum Gasteiger partial charge on any atom is -0.477 e. The summed E-state index contributed by atoms with van der Waals surface area (Å²) in [4.78, 5) is 36.5. The Hall–Kier alpha value is -3.35. The number of hydrogen-bond acceptors (Lipinski definition) is 8. The highest BCUT2D eigenvalue weighted by atomic mass is 16.7. The van der Waals surface area contributed by atoms with Crippen LogP contribution in [0.4, 0.5) is 0 Å². The number of rotatable bonds is 12. The second kappa shape index (κ2) is 13.6. The Kier molecular flexibility index (Phi) is 10.6. The van der Waals surface area contributed by atoms with Crippen LogP contribution in [0.2, 0.25) is 0 Å². The van der Waals surface area contributed by atoms with Crippen LogP contribution >= 0.6 is 0 Å². The summed E-state index contributed by atoms with van der Waals surface area (Å²) in [5, 5.41) is 47.2. The number of carbonyl (C=O) groups is 3. The Labute approximate surface area is 226 Å². The molecule has 0 saturated carbocycles. The number of carbonyl (C=O) groups excluding carboxylic acids is 2. The molecule has 39 heavy (non-hydrogen) atoms. The first-order valence-electron chi connectivity index (χ1n) is 12.9. The summed E-state index contributed by atoms with van der Waals surface area (Å²) in [6.07, 6.45) is -5.73. The van der Waals surface area contributed by atoms with E-state index >= 15 is 0 Å². The van der Waals surface area contributed by atoms with Gasteiger partial charge in [0.15, 0.2) is 0 Å². The van der Waals surface area contributed by atoms with E-state index in [-0.39, 0.29) is 6.61 Å². The van der Waals surface area contributed by atoms with Crippen LogP contribution in [-0.2, 0) is 19.1 Å². The number of aliphatic carboxylic acids is 1. The maximum atomic E-state index is 12.7. The van der Waals surface area contributed by atoms with Gasteiger partial charge in [-0.1, -0.05) is 55.8 Å². The smallest absolute Gasteiger partial charge is 0.364 e. The number of hydrogen-bond donors (Lipinski definition) is 6. The number of amides is 2. The average Bonchev–Trinajstić information content (AvgIpc) is 2.92. The molecule has 212 valence electrons. The van der Waals surface area contributed by atoms with E-state index in [1.165, 1.54) is 6.92 Å². The minimum atomic E-state index is -2.29. The van der Waals surface area contributed by atoms with Gasteiger partial charge in [0.25, 0.3) is 11.7 Å². The molecular formula is C28H36N2O9. The van der Waals surface area contributed by atoms with Gasteiger partial charge in [-0.15, -0.1) is 0 Å². The van der Waals surface area contributed by atoms with Gasteiger partial charge in [0, 0.05) is 25.5 Å². The van der Waals surface area contributed by atoms with Gasteiger partial charge in [-0.05, 0) is 29.7 Å². The lowest BCUT2D eigenvalue weighted by molar-refractivity contribution is -0.310. The van der Waals surface area contributed by atoms with Crippen LogP contribution in [0.3, 0.4) is 0 Å². The van der Waals surface area contributed by atoms with E-state index in [0.29, 0.717) is 18.4 Å². The molecule has 11 heteroatoms. The topological polar surface area (TPSA) is 175 Å². The van der Waals surface area contributed by atoms with Gasteiger partial charge in [0.2, 0.25) is 5.91 Å². The first-order chi connectivity index (χ1) is 18.6. The SMILES string of the molecule is CCCCO[C@]1(C(=O)O)C[C@H](O)[C@@H](NC(C)=O)[C@H]([C@H](O)[C@H](O)CNC(=O)c2ccc(-c3ccccc3)cc2)O1. The number of aliphatic hydroxyl groups is 3. The molecule has 1 aliphatic heterocycles. The minimum absolute atomic E-state index is 0.0187. The van der Waals surface area contributed by atoms with Gasteiger partial charge in [0.1, 0.15) is 12.2 Å². The van der Waals surface area contributed by atoms with Crippen molar-refractivity contribution in [2.75, 3.05) is 13.2 Å². The van der Waals surface area contributed by atoms with Gasteiger partial charge in [-0.2, -0.15) is 0 Å². The molecule has 3 rings (SSSR count). The predicted octanol–water partition coefficient (Wildman–Crippen LogP) is 1.06. The Bertz CT molecular complexity index is 1110. The molecule has 0 bridgehead atoms. The molecule has 2 aromatic carbocycles. The van der Waals surface area contributed by atoms with Crippen LogP contribution < -0.4 is 10.6 Å². The fraction of sp³-hybridized carbons (Fsp3) is 0.464. The van der Waals surface area contributed by atoms with E-state index in [2.05, 4.69) is 10.6 Å². The van der Waals surface area contributed by atoms with Crippen LogP contribution in [0.1, 0.15) is 43.5 Å². The third kappa shape index (κ3) is 7.61. The lowest BCUT2D eigenvalue weighted by Gasteiger charge is -2.46. The Morgan fingerprint density at radius 1 is 1.08 bits per heavy atom. The van der Waals surface area contributed by atoms with Crippen molar-refractivity contribution >= 4 is 17.8 Å². The third-order valence-corrected chi connectivity index (χ3v) is 6.56. The van der Waals surface area contributed by atoms with Crippen LogP contribution in [0, 0.1) is 0 Å².